The van der Waals surface area contributed by atoms with Crippen LogP contribution in [0.5, 0.6) is 11.5 Å². The van der Waals surface area contributed by atoms with Crippen molar-refractivity contribution in [3.05, 3.63) is 34.9 Å². The van der Waals surface area contributed by atoms with Crippen LogP contribution < -0.4 is 0 Å². The van der Waals surface area contributed by atoms with Crippen molar-refractivity contribution in [1.29, 1.82) is 0 Å². The molecule has 2 N–H and O–H groups in total. The maximum Gasteiger partial charge on any atom is 0.311 e. The molecular weight excluding hydrogens is 440 g/mol. The van der Waals surface area contributed by atoms with Crippen molar-refractivity contribution in [2.45, 2.75) is 73.1 Å². The number of benzene rings is 1. The highest BCUT2D eigenvalue weighted by atomic mass is 16.5. The summed E-state index contributed by atoms with van der Waals surface area (Å²) in [6.45, 7) is 11.6. The zero-order chi connectivity index (χ0) is 25.6. The van der Waals surface area contributed by atoms with E-state index < -0.39 is 5.41 Å². The summed E-state index contributed by atoms with van der Waals surface area (Å²) in [4.78, 5) is 24.6. The van der Waals surface area contributed by atoms with Gasteiger partial charge in [-0.2, -0.15) is 0 Å². The number of esters is 1. The van der Waals surface area contributed by atoms with E-state index in [1.54, 1.807) is 6.07 Å². The first-order valence-corrected chi connectivity index (χ1v) is 12.8. The number of allylic oxidation sites excluding steroid dienone is 3. The number of phenolic OH excluding ortho intramolecular Hbond substituents is 2. The predicted molar refractivity (Wildman–Crippen MR) is 136 cm³/mol. The third-order valence-corrected chi connectivity index (χ3v) is 11.4. The van der Waals surface area contributed by atoms with Gasteiger partial charge in [0.2, 0.25) is 0 Å². The third-order valence-electron chi connectivity index (χ3n) is 11.4. The van der Waals surface area contributed by atoms with Gasteiger partial charge in [0.1, 0.15) is 0 Å². The molecule has 0 spiro atoms. The molecule has 0 bridgehead atoms. The second-order valence-corrected chi connectivity index (χ2v) is 12.8. The molecule has 0 amide bonds. The molecule has 1 aromatic carbocycles. The van der Waals surface area contributed by atoms with E-state index in [2.05, 4.69) is 46.8 Å². The fourth-order valence-electron chi connectivity index (χ4n) is 8.64. The zero-order valence-corrected chi connectivity index (χ0v) is 21.8. The van der Waals surface area contributed by atoms with Crippen LogP contribution in [0.2, 0.25) is 0 Å². The Bertz CT molecular complexity index is 1200. The Balaban J connectivity index is 1.67. The van der Waals surface area contributed by atoms with Crippen LogP contribution in [0.15, 0.2) is 18.2 Å². The zero-order valence-electron chi connectivity index (χ0n) is 21.8. The van der Waals surface area contributed by atoms with Crippen LogP contribution in [0.1, 0.15) is 94.6 Å². The Morgan fingerprint density at radius 1 is 1.09 bits per heavy atom. The van der Waals surface area contributed by atoms with E-state index in [1.807, 2.05) is 6.08 Å². The number of ether oxygens (including phenoxy) is 1. The third kappa shape index (κ3) is 2.81. The van der Waals surface area contributed by atoms with Crippen molar-refractivity contribution in [3.8, 4) is 11.5 Å². The second kappa shape index (κ2) is 7.24. The summed E-state index contributed by atoms with van der Waals surface area (Å²) in [5.74, 6) is -0.371. The average Bonchev–Trinajstić information content (AvgIpc) is 2.82. The molecule has 5 rings (SSSR count). The molecule has 2 saturated carbocycles. The molecule has 5 heteroatoms. The molecular formula is C30H38O5. The highest BCUT2D eigenvalue weighted by molar-refractivity contribution is 5.95. The summed E-state index contributed by atoms with van der Waals surface area (Å²) in [7, 11) is 1.50. The standard InChI is InChI=1S/C30H38O5/c1-26-11-12-27(2,25(34)35-6)16-23(26)29(4)10-8-21-19-15-22(32)24(33)20(17-31)18(19)7-9-28(21,3)30(29,5)14-13-26/h7-9,15,17,23,32-33H,10-14,16H2,1-6H3. The summed E-state index contributed by atoms with van der Waals surface area (Å²) in [5.41, 5.74) is 1.97. The van der Waals surface area contributed by atoms with E-state index in [9.17, 15) is 19.8 Å². The fraction of sp³-hybridized carbons (Fsp3) is 0.600. The minimum atomic E-state index is -0.470. The van der Waals surface area contributed by atoms with Crippen molar-refractivity contribution in [1.82, 2.24) is 0 Å². The molecule has 35 heavy (non-hydrogen) atoms. The summed E-state index contributed by atoms with van der Waals surface area (Å²) in [6, 6.07) is 1.61. The quantitative estimate of drug-likeness (QED) is 0.287. The molecule has 4 aliphatic carbocycles. The first-order valence-electron chi connectivity index (χ1n) is 12.8. The highest BCUT2D eigenvalue weighted by Crippen LogP contribution is 2.76. The van der Waals surface area contributed by atoms with E-state index in [0.717, 1.165) is 49.7 Å². The van der Waals surface area contributed by atoms with Crippen LogP contribution in [-0.4, -0.2) is 29.6 Å². The predicted octanol–water partition coefficient (Wildman–Crippen LogP) is 6.52. The largest absolute Gasteiger partial charge is 0.504 e. The molecule has 5 nitrogen and oxygen atoms in total. The number of methoxy groups -OCH3 is 1. The minimum absolute atomic E-state index is 0.0533. The number of carbonyl (C=O) groups is 2. The fourth-order valence-corrected chi connectivity index (χ4v) is 8.64. The van der Waals surface area contributed by atoms with Gasteiger partial charge >= 0.3 is 5.97 Å². The van der Waals surface area contributed by atoms with Crippen LogP contribution in [0, 0.1) is 33.0 Å². The van der Waals surface area contributed by atoms with Gasteiger partial charge in [0.05, 0.1) is 18.1 Å². The molecule has 6 unspecified atom stereocenters. The van der Waals surface area contributed by atoms with Gasteiger partial charge in [-0.3, -0.25) is 9.59 Å². The van der Waals surface area contributed by atoms with Crippen LogP contribution in [0.4, 0.5) is 0 Å². The second-order valence-electron chi connectivity index (χ2n) is 12.8. The summed E-state index contributed by atoms with van der Waals surface area (Å²) in [5, 5.41) is 20.7. The molecule has 0 heterocycles. The molecule has 2 fully saturated rings. The molecule has 188 valence electrons. The lowest BCUT2D eigenvalue weighted by molar-refractivity contribution is -0.190. The Kier molecular flexibility index (Phi) is 4.99. The van der Waals surface area contributed by atoms with Crippen LogP contribution in [-0.2, 0) is 9.53 Å². The van der Waals surface area contributed by atoms with Crippen molar-refractivity contribution in [2.75, 3.05) is 7.11 Å². The lowest BCUT2D eigenvalue weighted by Crippen LogP contribution is -2.63. The van der Waals surface area contributed by atoms with Gasteiger partial charge in [0.25, 0.3) is 0 Å². The molecule has 0 aliphatic heterocycles. The van der Waals surface area contributed by atoms with Gasteiger partial charge < -0.3 is 14.9 Å². The van der Waals surface area contributed by atoms with Crippen molar-refractivity contribution >= 4 is 23.9 Å². The highest BCUT2D eigenvalue weighted by Gasteiger charge is 2.68. The number of fused-ring (bicyclic) bond motifs is 7. The first kappa shape index (κ1) is 24.1. The molecule has 0 saturated heterocycles. The lowest BCUT2D eigenvalue weighted by atomic mass is 9.33. The van der Waals surface area contributed by atoms with Crippen LogP contribution in [0.25, 0.3) is 11.6 Å². The topological polar surface area (TPSA) is 83.8 Å². The molecule has 4 aliphatic rings. The van der Waals surface area contributed by atoms with Gasteiger partial charge in [0, 0.05) is 5.41 Å². The number of hydrogen-bond donors (Lipinski definition) is 2. The van der Waals surface area contributed by atoms with E-state index in [4.69, 9.17) is 4.74 Å². The Labute approximate surface area is 208 Å². The summed E-state index contributed by atoms with van der Waals surface area (Å²) >= 11 is 0. The normalized spacial score (nSPS) is 41.5. The van der Waals surface area contributed by atoms with Gasteiger partial charge in [-0.05, 0) is 90.4 Å². The molecule has 6 atom stereocenters. The molecule has 0 radical (unpaired) electrons. The van der Waals surface area contributed by atoms with Crippen LogP contribution in [0.3, 0.4) is 0 Å². The lowest BCUT2D eigenvalue weighted by Gasteiger charge is -2.70. The number of carbonyl (C=O) groups excluding carboxylic acids is 2. The maximum atomic E-state index is 12.8. The van der Waals surface area contributed by atoms with Crippen molar-refractivity contribution in [2.24, 2.45) is 33.0 Å². The summed E-state index contributed by atoms with van der Waals surface area (Å²) < 4.78 is 5.25. The Morgan fingerprint density at radius 2 is 1.77 bits per heavy atom. The molecule has 1 aromatic rings. The average molecular weight is 479 g/mol. The number of rotatable bonds is 2. The van der Waals surface area contributed by atoms with Gasteiger partial charge in [0.15, 0.2) is 17.8 Å². The van der Waals surface area contributed by atoms with Gasteiger partial charge in [-0.15, -0.1) is 0 Å². The minimum Gasteiger partial charge on any atom is -0.504 e. The van der Waals surface area contributed by atoms with Gasteiger partial charge in [-0.1, -0.05) is 45.9 Å². The van der Waals surface area contributed by atoms with Gasteiger partial charge in [-0.25, -0.2) is 0 Å². The smallest absolute Gasteiger partial charge is 0.311 e. The van der Waals surface area contributed by atoms with E-state index >= 15 is 0 Å². The van der Waals surface area contributed by atoms with E-state index in [1.165, 1.54) is 7.11 Å². The maximum absolute atomic E-state index is 12.8. The number of hydrogen-bond acceptors (Lipinski definition) is 5. The number of aromatic hydroxyl groups is 2. The molecule has 0 aromatic heterocycles. The van der Waals surface area contributed by atoms with Crippen LogP contribution >= 0.6 is 0 Å². The SMILES string of the molecule is COC(=O)C1(C)CCC2(C)CCC3(C)C4(C)C=Cc5c(cc(O)c(O)c5C=O)C4=CCC3(C)C2C1. The Hall–Kier alpha value is -2.56. The Morgan fingerprint density at radius 3 is 2.43 bits per heavy atom. The van der Waals surface area contributed by atoms with E-state index in [-0.39, 0.29) is 44.7 Å². The monoisotopic (exact) mass is 478 g/mol. The van der Waals surface area contributed by atoms with E-state index in [0.29, 0.717) is 17.8 Å². The number of aldehydes is 1. The first-order chi connectivity index (χ1) is 16.3. The number of phenols is 2. The summed E-state index contributed by atoms with van der Waals surface area (Å²) in [6.07, 6.45) is 12.8. The van der Waals surface area contributed by atoms with Crippen molar-refractivity contribution in [3.63, 3.8) is 0 Å². The van der Waals surface area contributed by atoms with Crippen molar-refractivity contribution < 1.29 is 24.5 Å².